The molecule has 1 aromatic rings. The van der Waals surface area contributed by atoms with Crippen molar-refractivity contribution in [2.24, 2.45) is 11.7 Å². The van der Waals surface area contributed by atoms with Gasteiger partial charge in [0.15, 0.2) is 5.82 Å². The van der Waals surface area contributed by atoms with E-state index in [0.29, 0.717) is 17.9 Å². The molecule has 0 saturated heterocycles. The summed E-state index contributed by atoms with van der Waals surface area (Å²) in [5, 5.41) is 4.29. The van der Waals surface area contributed by atoms with E-state index in [-0.39, 0.29) is 0 Å². The van der Waals surface area contributed by atoms with Crippen LogP contribution in [-0.4, -0.2) is 16.2 Å². The summed E-state index contributed by atoms with van der Waals surface area (Å²) in [6, 6.07) is 0.372. The molecule has 3 rings (SSSR count). The minimum absolute atomic E-state index is 0.372. The SMILES string of the molecule is CCC1CCCC(c2noc(C3CCC(N)CC3)n2)C1. The summed E-state index contributed by atoms with van der Waals surface area (Å²) in [4.78, 5) is 4.73. The van der Waals surface area contributed by atoms with Gasteiger partial charge in [0.1, 0.15) is 0 Å². The smallest absolute Gasteiger partial charge is 0.229 e. The molecule has 2 N–H and O–H groups in total. The van der Waals surface area contributed by atoms with E-state index in [1.807, 2.05) is 0 Å². The van der Waals surface area contributed by atoms with Crippen molar-refractivity contribution < 1.29 is 4.52 Å². The molecule has 112 valence electrons. The van der Waals surface area contributed by atoms with E-state index in [2.05, 4.69) is 12.1 Å². The zero-order valence-corrected chi connectivity index (χ0v) is 12.6. The fraction of sp³-hybridized carbons (Fsp3) is 0.875. The first-order valence-electron chi connectivity index (χ1n) is 8.35. The van der Waals surface area contributed by atoms with Gasteiger partial charge in [0.25, 0.3) is 0 Å². The Hall–Kier alpha value is -0.900. The van der Waals surface area contributed by atoms with Crippen molar-refractivity contribution >= 4 is 0 Å². The van der Waals surface area contributed by atoms with Crippen molar-refractivity contribution in [3.05, 3.63) is 11.7 Å². The predicted octanol–water partition coefficient (Wildman–Crippen LogP) is 3.74. The molecule has 0 radical (unpaired) electrons. The molecule has 0 aromatic carbocycles. The van der Waals surface area contributed by atoms with Crippen LogP contribution in [0.5, 0.6) is 0 Å². The molecule has 2 fully saturated rings. The number of nitrogens with two attached hydrogens (primary N) is 1. The number of aromatic nitrogens is 2. The monoisotopic (exact) mass is 277 g/mol. The first-order valence-corrected chi connectivity index (χ1v) is 8.35. The van der Waals surface area contributed by atoms with Crippen LogP contribution in [0.4, 0.5) is 0 Å². The van der Waals surface area contributed by atoms with Gasteiger partial charge in [0, 0.05) is 17.9 Å². The zero-order chi connectivity index (χ0) is 13.9. The average molecular weight is 277 g/mol. The summed E-state index contributed by atoms with van der Waals surface area (Å²) in [5.74, 6) is 3.65. The van der Waals surface area contributed by atoms with E-state index in [9.17, 15) is 0 Å². The van der Waals surface area contributed by atoms with Crippen molar-refractivity contribution in [1.29, 1.82) is 0 Å². The molecule has 1 aromatic heterocycles. The normalized spacial score (nSPS) is 35.1. The third-order valence-corrected chi connectivity index (χ3v) is 5.30. The fourth-order valence-corrected chi connectivity index (χ4v) is 3.84. The third-order valence-electron chi connectivity index (χ3n) is 5.30. The number of rotatable bonds is 3. The van der Waals surface area contributed by atoms with Gasteiger partial charge in [-0.25, -0.2) is 0 Å². The van der Waals surface area contributed by atoms with Gasteiger partial charge in [-0.3, -0.25) is 0 Å². The van der Waals surface area contributed by atoms with Crippen molar-refractivity contribution in [3.8, 4) is 0 Å². The van der Waals surface area contributed by atoms with Crippen molar-refractivity contribution in [2.45, 2.75) is 82.6 Å². The largest absolute Gasteiger partial charge is 0.339 e. The highest BCUT2D eigenvalue weighted by Crippen LogP contribution is 2.37. The summed E-state index contributed by atoms with van der Waals surface area (Å²) in [7, 11) is 0. The van der Waals surface area contributed by atoms with Crippen LogP contribution < -0.4 is 5.73 Å². The van der Waals surface area contributed by atoms with E-state index in [4.69, 9.17) is 15.2 Å². The molecule has 2 aliphatic carbocycles. The Labute approximate surface area is 121 Å². The summed E-state index contributed by atoms with van der Waals surface area (Å²) in [6.45, 7) is 2.29. The first kappa shape index (κ1) is 14.1. The topological polar surface area (TPSA) is 64.9 Å². The fourth-order valence-electron chi connectivity index (χ4n) is 3.84. The van der Waals surface area contributed by atoms with Gasteiger partial charge in [-0.05, 0) is 44.4 Å². The molecule has 2 saturated carbocycles. The number of nitrogens with zero attached hydrogens (tertiary/aromatic N) is 2. The van der Waals surface area contributed by atoms with E-state index >= 15 is 0 Å². The lowest BCUT2D eigenvalue weighted by Crippen LogP contribution is -2.25. The van der Waals surface area contributed by atoms with Crippen LogP contribution in [0.15, 0.2) is 4.52 Å². The maximum atomic E-state index is 5.96. The molecular weight excluding hydrogens is 250 g/mol. The van der Waals surface area contributed by atoms with Gasteiger partial charge >= 0.3 is 0 Å². The molecule has 0 spiro atoms. The second-order valence-electron chi connectivity index (χ2n) is 6.74. The Morgan fingerprint density at radius 1 is 1.10 bits per heavy atom. The highest BCUT2D eigenvalue weighted by atomic mass is 16.5. The molecular formula is C16H27N3O. The highest BCUT2D eigenvalue weighted by molar-refractivity contribution is 5.02. The molecule has 2 atom stereocenters. The van der Waals surface area contributed by atoms with Crippen molar-refractivity contribution in [2.75, 3.05) is 0 Å². The number of hydrogen-bond acceptors (Lipinski definition) is 4. The van der Waals surface area contributed by atoms with Crippen LogP contribution in [-0.2, 0) is 0 Å². The van der Waals surface area contributed by atoms with Crippen LogP contribution in [0.3, 0.4) is 0 Å². The Morgan fingerprint density at radius 2 is 1.90 bits per heavy atom. The Morgan fingerprint density at radius 3 is 2.65 bits per heavy atom. The quantitative estimate of drug-likeness (QED) is 0.914. The minimum atomic E-state index is 0.372. The van der Waals surface area contributed by atoms with Crippen LogP contribution in [0.25, 0.3) is 0 Å². The second-order valence-corrected chi connectivity index (χ2v) is 6.74. The third kappa shape index (κ3) is 3.05. The lowest BCUT2D eigenvalue weighted by Gasteiger charge is -2.26. The van der Waals surface area contributed by atoms with Crippen molar-refractivity contribution in [3.63, 3.8) is 0 Å². The second kappa shape index (κ2) is 6.25. The predicted molar refractivity (Wildman–Crippen MR) is 78.5 cm³/mol. The van der Waals surface area contributed by atoms with Gasteiger partial charge in [-0.1, -0.05) is 31.3 Å². The van der Waals surface area contributed by atoms with Gasteiger partial charge in [0.2, 0.25) is 5.89 Å². The van der Waals surface area contributed by atoms with Crippen LogP contribution in [0, 0.1) is 5.92 Å². The molecule has 20 heavy (non-hydrogen) atoms. The van der Waals surface area contributed by atoms with Gasteiger partial charge in [-0.15, -0.1) is 0 Å². The Bertz CT molecular complexity index is 423. The maximum Gasteiger partial charge on any atom is 0.229 e. The zero-order valence-electron chi connectivity index (χ0n) is 12.6. The number of hydrogen-bond donors (Lipinski definition) is 1. The molecule has 0 bridgehead atoms. The van der Waals surface area contributed by atoms with E-state index < -0.39 is 0 Å². The van der Waals surface area contributed by atoms with E-state index in [1.165, 1.54) is 32.1 Å². The van der Waals surface area contributed by atoms with Gasteiger partial charge in [0.05, 0.1) is 0 Å². The van der Waals surface area contributed by atoms with Gasteiger partial charge in [-0.2, -0.15) is 4.98 Å². The molecule has 0 aliphatic heterocycles. The Kier molecular flexibility index (Phi) is 4.39. The standard InChI is InChI=1S/C16H27N3O/c1-2-11-4-3-5-13(10-11)15-18-16(20-19-15)12-6-8-14(17)9-7-12/h11-14H,2-10,17H2,1H3. The maximum absolute atomic E-state index is 5.96. The average Bonchev–Trinajstić information content (AvgIpc) is 2.98. The highest BCUT2D eigenvalue weighted by Gasteiger charge is 2.29. The van der Waals surface area contributed by atoms with Crippen LogP contribution >= 0.6 is 0 Å². The van der Waals surface area contributed by atoms with Crippen LogP contribution in [0.1, 0.15) is 88.3 Å². The molecule has 1 heterocycles. The van der Waals surface area contributed by atoms with Gasteiger partial charge < -0.3 is 10.3 Å². The van der Waals surface area contributed by atoms with E-state index in [1.54, 1.807) is 0 Å². The van der Waals surface area contributed by atoms with Crippen molar-refractivity contribution in [1.82, 2.24) is 10.1 Å². The summed E-state index contributed by atoms with van der Waals surface area (Å²) < 4.78 is 5.56. The lowest BCUT2D eigenvalue weighted by atomic mass is 9.80. The van der Waals surface area contributed by atoms with Crippen LogP contribution in [0.2, 0.25) is 0 Å². The molecule has 4 nitrogen and oxygen atoms in total. The summed E-state index contributed by atoms with van der Waals surface area (Å²) in [5.41, 5.74) is 5.96. The molecule has 4 heteroatoms. The van der Waals surface area contributed by atoms with E-state index in [0.717, 1.165) is 43.3 Å². The lowest BCUT2D eigenvalue weighted by molar-refractivity contribution is 0.286. The summed E-state index contributed by atoms with van der Waals surface area (Å²) in [6.07, 6.45) is 10.8. The molecule has 2 aliphatic rings. The minimum Gasteiger partial charge on any atom is -0.339 e. The molecule has 0 amide bonds. The first-order chi connectivity index (χ1) is 9.76. The summed E-state index contributed by atoms with van der Waals surface area (Å²) >= 11 is 0. The Balaban J connectivity index is 1.64. The molecule has 2 unspecified atom stereocenters.